The van der Waals surface area contributed by atoms with Gasteiger partial charge >= 0.3 is 0 Å². The second-order valence-corrected chi connectivity index (χ2v) is 5.98. The molecule has 3 nitrogen and oxygen atoms in total. The van der Waals surface area contributed by atoms with Crippen LogP contribution in [0.4, 0.5) is 5.69 Å². The van der Waals surface area contributed by atoms with Gasteiger partial charge in [0.05, 0.1) is 13.0 Å². The Morgan fingerprint density at radius 3 is 2.33 bits per heavy atom. The quantitative estimate of drug-likeness (QED) is 0.763. The van der Waals surface area contributed by atoms with Crippen molar-refractivity contribution in [2.75, 3.05) is 11.9 Å². The van der Waals surface area contributed by atoms with Crippen molar-refractivity contribution in [1.29, 1.82) is 0 Å². The number of carbonyl (C=O) groups excluding carboxylic acids is 1. The van der Waals surface area contributed by atoms with Crippen molar-refractivity contribution in [3.63, 3.8) is 0 Å². The lowest BCUT2D eigenvalue weighted by Gasteiger charge is -2.16. The molecule has 1 N–H and O–H groups in total. The van der Waals surface area contributed by atoms with Crippen LogP contribution in [0.3, 0.4) is 0 Å². The number of ether oxygens (including phenoxy) is 1. The van der Waals surface area contributed by atoms with Crippen LogP contribution >= 0.6 is 11.6 Å². The van der Waals surface area contributed by atoms with Crippen LogP contribution in [0.1, 0.15) is 37.5 Å². The van der Waals surface area contributed by atoms with Crippen molar-refractivity contribution in [1.82, 2.24) is 0 Å². The summed E-state index contributed by atoms with van der Waals surface area (Å²) in [5.74, 6) is 0.781. The normalized spacial score (nSPS) is 10.5. The first-order valence-corrected chi connectivity index (χ1v) is 8.78. The average molecular weight is 346 g/mol. The fourth-order valence-corrected chi connectivity index (χ4v) is 3.00. The number of carbonyl (C=O) groups is 1. The highest BCUT2D eigenvalue weighted by atomic mass is 35.5. The molecule has 0 aliphatic heterocycles. The van der Waals surface area contributed by atoms with Crippen molar-refractivity contribution in [2.45, 2.75) is 40.0 Å². The topological polar surface area (TPSA) is 38.3 Å². The summed E-state index contributed by atoms with van der Waals surface area (Å²) in [5.41, 5.74) is 3.92. The second-order valence-electron chi connectivity index (χ2n) is 5.57. The van der Waals surface area contributed by atoms with E-state index in [1.165, 1.54) is 0 Å². The number of aryl methyl sites for hydroxylation is 1. The van der Waals surface area contributed by atoms with Crippen molar-refractivity contribution in [2.24, 2.45) is 0 Å². The van der Waals surface area contributed by atoms with Gasteiger partial charge in [-0.15, -0.1) is 0 Å². The number of hydrogen-bond acceptors (Lipinski definition) is 2. The number of anilines is 1. The molecule has 0 radical (unpaired) electrons. The van der Waals surface area contributed by atoms with E-state index in [0.29, 0.717) is 18.1 Å². The third kappa shape index (κ3) is 4.51. The maximum atomic E-state index is 12.5. The van der Waals surface area contributed by atoms with Gasteiger partial charge in [-0.2, -0.15) is 0 Å². The van der Waals surface area contributed by atoms with Crippen LogP contribution < -0.4 is 10.1 Å². The standard InChI is InChI=1S/C20H24ClNO2/c1-4-15-9-12-18(21)17(5-2)20(15)22-19(23)13-14-7-10-16(11-8-14)24-6-3/h7-12H,4-6,13H2,1-3H3,(H,22,23). The zero-order chi connectivity index (χ0) is 17.5. The highest BCUT2D eigenvalue weighted by Crippen LogP contribution is 2.29. The molecule has 24 heavy (non-hydrogen) atoms. The SMILES string of the molecule is CCOc1ccc(CC(=O)Nc2c(CC)ccc(Cl)c2CC)cc1. The lowest BCUT2D eigenvalue weighted by molar-refractivity contribution is -0.115. The van der Waals surface area contributed by atoms with Crippen LogP contribution in [0.5, 0.6) is 5.75 Å². The fraction of sp³-hybridized carbons (Fsp3) is 0.350. The Morgan fingerprint density at radius 1 is 1.04 bits per heavy atom. The van der Waals surface area contributed by atoms with Crippen LogP contribution in [-0.2, 0) is 24.1 Å². The van der Waals surface area contributed by atoms with Gasteiger partial charge in [-0.25, -0.2) is 0 Å². The van der Waals surface area contributed by atoms with Gasteiger partial charge in [0.25, 0.3) is 0 Å². The monoisotopic (exact) mass is 345 g/mol. The van der Waals surface area contributed by atoms with Crippen LogP contribution in [-0.4, -0.2) is 12.5 Å². The number of benzene rings is 2. The van der Waals surface area contributed by atoms with Gasteiger partial charge in [0.15, 0.2) is 0 Å². The first-order valence-electron chi connectivity index (χ1n) is 8.40. The number of nitrogens with one attached hydrogen (secondary N) is 1. The minimum absolute atomic E-state index is 0.0363. The first kappa shape index (κ1) is 18.3. The van der Waals surface area contributed by atoms with E-state index < -0.39 is 0 Å². The van der Waals surface area contributed by atoms with Gasteiger partial charge in [-0.1, -0.05) is 43.6 Å². The molecule has 128 valence electrons. The van der Waals surface area contributed by atoms with E-state index in [4.69, 9.17) is 16.3 Å². The summed E-state index contributed by atoms with van der Waals surface area (Å²) in [7, 11) is 0. The summed E-state index contributed by atoms with van der Waals surface area (Å²) in [6.45, 7) is 6.70. The molecule has 0 saturated heterocycles. The zero-order valence-corrected chi connectivity index (χ0v) is 15.2. The molecule has 4 heteroatoms. The summed E-state index contributed by atoms with van der Waals surface area (Å²) >= 11 is 6.28. The van der Waals surface area contributed by atoms with Gasteiger partial charge < -0.3 is 10.1 Å². The third-order valence-electron chi connectivity index (χ3n) is 3.94. The van der Waals surface area contributed by atoms with E-state index in [2.05, 4.69) is 12.2 Å². The van der Waals surface area contributed by atoms with Gasteiger partial charge in [0, 0.05) is 10.7 Å². The van der Waals surface area contributed by atoms with E-state index in [0.717, 1.165) is 41.0 Å². The summed E-state index contributed by atoms with van der Waals surface area (Å²) in [6.07, 6.45) is 1.96. The molecule has 1 amide bonds. The Bertz CT molecular complexity index is 696. The Kier molecular flexibility index (Phi) is 6.68. The smallest absolute Gasteiger partial charge is 0.228 e. The molecular formula is C20H24ClNO2. The average Bonchev–Trinajstić information content (AvgIpc) is 2.57. The minimum Gasteiger partial charge on any atom is -0.494 e. The lowest BCUT2D eigenvalue weighted by Crippen LogP contribution is -2.17. The van der Waals surface area contributed by atoms with E-state index in [-0.39, 0.29) is 5.91 Å². The summed E-state index contributed by atoms with van der Waals surface area (Å²) in [4.78, 5) is 12.5. The Hall–Kier alpha value is -2.00. The molecule has 2 aromatic carbocycles. The number of amides is 1. The van der Waals surface area contributed by atoms with Gasteiger partial charge in [0.2, 0.25) is 5.91 Å². The van der Waals surface area contributed by atoms with Crippen molar-refractivity contribution >= 4 is 23.2 Å². The van der Waals surface area contributed by atoms with Crippen molar-refractivity contribution < 1.29 is 9.53 Å². The highest BCUT2D eigenvalue weighted by Gasteiger charge is 2.13. The minimum atomic E-state index is -0.0363. The molecule has 0 aromatic heterocycles. The lowest BCUT2D eigenvalue weighted by atomic mass is 10.0. The predicted octanol–water partition coefficient (Wildman–Crippen LogP) is 5.04. The maximum Gasteiger partial charge on any atom is 0.228 e. The molecular weight excluding hydrogens is 322 g/mol. The van der Waals surface area contributed by atoms with Gasteiger partial charge in [0.1, 0.15) is 5.75 Å². The van der Waals surface area contributed by atoms with Crippen LogP contribution in [0.2, 0.25) is 5.02 Å². The van der Waals surface area contributed by atoms with Crippen LogP contribution in [0.15, 0.2) is 36.4 Å². The number of hydrogen-bond donors (Lipinski definition) is 1. The molecule has 0 aliphatic rings. The molecule has 0 fully saturated rings. The van der Waals surface area contributed by atoms with Crippen LogP contribution in [0, 0.1) is 0 Å². The molecule has 2 rings (SSSR count). The summed E-state index contributed by atoms with van der Waals surface area (Å²) in [5, 5.41) is 3.76. The van der Waals surface area contributed by atoms with Crippen LogP contribution in [0.25, 0.3) is 0 Å². The zero-order valence-electron chi connectivity index (χ0n) is 14.5. The predicted molar refractivity (Wildman–Crippen MR) is 100 cm³/mol. The Balaban J connectivity index is 2.13. The molecule has 0 saturated carbocycles. The third-order valence-corrected chi connectivity index (χ3v) is 4.29. The molecule has 0 aliphatic carbocycles. The molecule has 0 heterocycles. The summed E-state index contributed by atoms with van der Waals surface area (Å²) in [6, 6.07) is 11.5. The van der Waals surface area contributed by atoms with E-state index in [9.17, 15) is 4.79 Å². The van der Waals surface area contributed by atoms with Gasteiger partial charge in [-0.05, 0) is 54.7 Å². The fourth-order valence-electron chi connectivity index (χ4n) is 2.71. The molecule has 0 unspecified atom stereocenters. The van der Waals surface area contributed by atoms with Crippen molar-refractivity contribution in [3.05, 3.63) is 58.1 Å². The number of halogens is 1. The molecule has 0 bridgehead atoms. The van der Waals surface area contributed by atoms with E-state index >= 15 is 0 Å². The molecule has 0 spiro atoms. The maximum absolute atomic E-state index is 12.5. The first-order chi connectivity index (χ1) is 11.6. The Morgan fingerprint density at radius 2 is 1.75 bits per heavy atom. The van der Waals surface area contributed by atoms with E-state index in [1.54, 1.807) is 0 Å². The Labute approximate surface area is 149 Å². The summed E-state index contributed by atoms with van der Waals surface area (Å²) < 4.78 is 5.42. The van der Waals surface area contributed by atoms with E-state index in [1.807, 2.05) is 50.2 Å². The van der Waals surface area contributed by atoms with Gasteiger partial charge in [-0.3, -0.25) is 4.79 Å². The molecule has 2 aromatic rings. The molecule has 0 atom stereocenters. The number of rotatable bonds is 7. The largest absolute Gasteiger partial charge is 0.494 e. The van der Waals surface area contributed by atoms with Crippen molar-refractivity contribution in [3.8, 4) is 5.75 Å². The highest BCUT2D eigenvalue weighted by molar-refractivity contribution is 6.32. The second kappa shape index (κ2) is 8.74.